The highest BCUT2D eigenvalue weighted by Crippen LogP contribution is 2.25. The molecule has 0 spiro atoms. The number of anilines is 1. The highest BCUT2D eigenvalue weighted by molar-refractivity contribution is 5.94. The van der Waals surface area contributed by atoms with Gasteiger partial charge in [-0.25, -0.2) is 0 Å². The predicted octanol–water partition coefficient (Wildman–Crippen LogP) is 3.46. The van der Waals surface area contributed by atoms with Crippen molar-refractivity contribution in [3.8, 4) is 0 Å². The van der Waals surface area contributed by atoms with Gasteiger partial charge in [0.2, 0.25) is 11.8 Å². The lowest BCUT2D eigenvalue weighted by molar-refractivity contribution is -0.142. The van der Waals surface area contributed by atoms with Crippen LogP contribution in [0.2, 0.25) is 0 Å². The van der Waals surface area contributed by atoms with Gasteiger partial charge in [0.15, 0.2) is 0 Å². The summed E-state index contributed by atoms with van der Waals surface area (Å²) < 4.78 is 0. The summed E-state index contributed by atoms with van der Waals surface area (Å²) in [6.45, 7) is 7.08. The first kappa shape index (κ1) is 17.4. The maximum absolute atomic E-state index is 12.5. The van der Waals surface area contributed by atoms with Crippen LogP contribution in [0.3, 0.4) is 0 Å². The van der Waals surface area contributed by atoms with Crippen molar-refractivity contribution in [1.29, 1.82) is 0 Å². The molecule has 0 atom stereocenters. The molecule has 132 valence electrons. The van der Waals surface area contributed by atoms with Gasteiger partial charge in [-0.1, -0.05) is 39.0 Å². The van der Waals surface area contributed by atoms with Crippen LogP contribution >= 0.6 is 0 Å². The summed E-state index contributed by atoms with van der Waals surface area (Å²) in [5.41, 5.74) is 1.26. The van der Waals surface area contributed by atoms with Crippen LogP contribution in [0.15, 0.2) is 36.5 Å². The number of carbonyl (C=O) groups is 2. The number of para-hydroxylation sites is 1. The van der Waals surface area contributed by atoms with Crippen molar-refractivity contribution in [2.75, 3.05) is 18.4 Å². The molecule has 1 N–H and O–H groups in total. The molecule has 0 aliphatic carbocycles. The smallest absolute Gasteiger partial charge is 0.227 e. The minimum atomic E-state index is -0.369. The standard InChI is InChI=1S/C20H25N3O2/c1-20(2,3)19(25)23-10-8-14(9-11-23)18(24)22-16-12-15-6-4-5-7-17(15)21-13-16/h4-7,12-14H,8-11H2,1-3H3,(H,22,24). The van der Waals surface area contributed by atoms with Crippen LogP contribution < -0.4 is 5.32 Å². The Labute approximate surface area is 148 Å². The quantitative estimate of drug-likeness (QED) is 0.911. The molecular formula is C20H25N3O2. The number of amides is 2. The molecule has 1 aromatic heterocycles. The van der Waals surface area contributed by atoms with Crippen LogP contribution in [-0.2, 0) is 9.59 Å². The van der Waals surface area contributed by atoms with E-state index < -0.39 is 0 Å². The fourth-order valence-electron chi connectivity index (χ4n) is 3.20. The number of carbonyl (C=O) groups excluding carboxylic acids is 2. The van der Waals surface area contributed by atoms with Gasteiger partial charge in [-0.3, -0.25) is 14.6 Å². The molecule has 0 saturated carbocycles. The molecule has 3 rings (SSSR count). The molecule has 2 heterocycles. The molecule has 1 aliphatic heterocycles. The van der Waals surface area contributed by atoms with Crippen LogP contribution in [0.5, 0.6) is 0 Å². The number of fused-ring (bicyclic) bond motifs is 1. The average molecular weight is 339 g/mol. The Morgan fingerprint density at radius 2 is 1.84 bits per heavy atom. The Morgan fingerprint density at radius 1 is 1.16 bits per heavy atom. The van der Waals surface area contributed by atoms with Crippen molar-refractivity contribution >= 4 is 28.4 Å². The zero-order valence-corrected chi connectivity index (χ0v) is 15.1. The maximum atomic E-state index is 12.5. The van der Waals surface area contributed by atoms with Gasteiger partial charge < -0.3 is 10.2 Å². The lowest BCUT2D eigenvalue weighted by Gasteiger charge is -2.35. The van der Waals surface area contributed by atoms with Gasteiger partial charge in [0, 0.05) is 29.8 Å². The van der Waals surface area contributed by atoms with E-state index in [4.69, 9.17) is 0 Å². The normalized spacial score (nSPS) is 16.0. The molecule has 1 saturated heterocycles. The Bertz CT molecular complexity index is 787. The number of likely N-dealkylation sites (tertiary alicyclic amines) is 1. The van der Waals surface area contributed by atoms with Gasteiger partial charge in [0.25, 0.3) is 0 Å². The molecule has 1 aliphatic rings. The Balaban J connectivity index is 1.60. The molecule has 5 nitrogen and oxygen atoms in total. The number of aromatic nitrogens is 1. The van der Waals surface area contributed by atoms with Crippen LogP contribution in [0, 0.1) is 11.3 Å². The number of benzene rings is 1. The van der Waals surface area contributed by atoms with Crippen molar-refractivity contribution in [2.24, 2.45) is 11.3 Å². The lowest BCUT2D eigenvalue weighted by Crippen LogP contribution is -2.45. The van der Waals surface area contributed by atoms with Crippen molar-refractivity contribution < 1.29 is 9.59 Å². The third-order valence-corrected chi connectivity index (χ3v) is 4.65. The summed E-state index contributed by atoms with van der Waals surface area (Å²) in [4.78, 5) is 31.1. The Hall–Kier alpha value is -2.43. The van der Waals surface area contributed by atoms with E-state index in [-0.39, 0.29) is 23.1 Å². The Morgan fingerprint density at radius 3 is 2.52 bits per heavy atom. The van der Waals surface area contributed by atoms with E-state index >= 15 is 0 Å². The first-order valence-corrected chi connectivity index (χ1v) is 8.79. The van der Waals surface area contributed by atoms with E-state index in [0.717, 1.165) is 16.6 Å². The monoisotopic (exact) mass is 339 g/mol. The van der Waals surface area contributed by atoms with Crippen molar-refractivity contribution in [1.82, 2.24) is 9.88 Å². The van der Waals surface area contributed by atoms with Crippen LogP contribution in [-0.4, -0.2) is 34.8 Å². The largest absolute Gasteiger partial charge is 0.342 e. The van der Waals surface area contributed by atoms with E-state index in [2.05, 4.69) is 10.3 Å². The lowest BCUT2D eigenvalue weighted by atomic mass is 9.90. The molecule has 0 radical (unpaired) electrons. The molecule has 2 amide bonds. The van der Waals surface area contributed by atoms with Crippen LogP contribution in [0.25, 0.3) is 10.9 Å². The molecule has 1 aromatic carbocycles. The van der Waals surface area contributed by atoms with E-state index in [0.29, 0.717) is 25.9 Å². The maximum Gasteiger partial charge on any atom is 0.227 e. The topological polar surface area (TPSA) is 62.3 Å². The van der Waals surface area contributed by atoms with Crippen molar-refractivity contribution in [2.45, 2.75) is 33.6 Å². The molecule has 5 heteroatoms. The van der Waals surface area contributed by atoms with Gasteiger partial charge in [0.05, 0.1) is 17.4 Å². The number of piperidine rings is 1. The van der Waals surface area contributed by atoms with Gasteiger partial charge >= 0.3 is 0 Å². The number of pyridine rings is 1. The molecule has 2 aromatic rings. The highest BCUT2D eigenvalue weighted by Gasteiger charge is 2.32. The zero-order chi connectivity index (χ0) is 18.0. The highest BCUT2D eigenvalue weighted by atomic mass is 16.2. The van der Waals surface area contributed by atoms with E-state index in [1.54, 1.807) is 6.20 Å². The summed E-state index contributed by atoms with van der Waals surface area (Å²) in [6, 6.07) is 9.77. The average Bonchev–Trinajstić information content (AvgIpc) is 2.60. The molecule has 0 bridgehead atoms. The summed E-state index contributed by atoms with van der Waals surface area (Å²) in [7, 11) is 0. The summed E-state index contributed by atoms with van der Waals surface area (Å²) in [5.74, 6) is 0.112. The number of rotatable bonds is 2. The first-order chi connectivity index (χ1) is 11.8. The molecule has 25 heavy (non-hydrogen) atoms. The SMILES string of the molecule is CC(C)(C)C(=O)N1CCC(C(=O)Nc2cnc3ccccc3c2)CC1. The summed E-state index contributed by atoms with van der Waals surface area (Å²) >= 11 is 0. The summed E-state index contributed by atoms with van der Waals surface area (Å²) in [6.07, 6.45) is 3.10. The van der Waals surface area contributed by atoms with Crippen molar-refractivity contribution in [3.05, 3.63) is 36.5 Å². The van der Waals surface area contributed by atoms with Gasteiger partial charge in [0.1, 0.15) is 0 Å². The second-order valence-electron chi connectivity index (χ2n) is 7.72. The third kappa shape index (κ3) is 3.98. The fourth-order valence-corrected chi connectivity index (χ4v) is 3.20. The van der Waals surface area contributed by atoms with Crippen LogP contribution in [0.1, 0.15) is 33.6 Å². The number of hydrogen-bond acceptors (Lipinski definition) is 3. The first-order valence-electron chi connectivity index (χ1n) is 8.79. The second-order valence-corrected chi connectivity index (χ2v) is 7.72. The zero-order valence-electron chi connectivity index (χ0n) is 15.1. The van der Waals surface area contributed by atoms with Gasteiger partial charge in [-0.05, 0) is 25.0 Å². The minimum Gasteiger partial charge on any atom is -0.342 e. The fraction of sp³-hybridized carbons (Fsp3) is 0.450. The van der Waals surface area contributed by atoms with E-state index in [1.165, 1.54) is 0 Å². The minimum absolute atomic E-state index is 0.0138. The van der Waals surface area contributed by atoms with E-state index in [1.807, 2.05) is 56.0 Å². The number of nitrogens with one attached hydrogen (secondary N) is 1. The van der Waals surface area contributed by atoms with Crippen LogP contribution in [0.4, 0.5) is 5.69 Å². The second kappa shape index (κ2) is 6.82. The van der Waals surface area contributed by atoms with Crippen molar-refractivity contribution in [3.63, 3.8) is 0 Å². The van der Waals surface area contributed by atoms with E-state index in [9.17, 15) is 9.59 Å². The predicted molar refractivity (Wildman–Crippen MR) is 99.1 cm³/mol. The van der Waals surface area contributed by atoms with Gasteiger partial charge in [-0.2, -0.15) is 0 Å². The summed E-state index contributed by atoms with van der Waals surface area (Å²) in [5, 5.41) is 3.98. The number of hydrogen-bond donors (Lipinski definition) is 1. The Kier molecular flexibility index (Phi) is 4.75. The molecule has 0 unspecified atom stereocenters. The molecule has 1 fully saturated rings. The molecular weight excluding hydrogens is 314 g/mol. The third-order valence-electron chi connectivity index (χ3n) is 4.65. The number of nitrogens with zero attached hydrogens (tertiary/aromatic N) is 2. The van der Waals surface area contributed by atoms with Gasteiger partial charge in [-0.15, -0.1) is 0 Å².